The second-order valence-electron chi connectivity index (χ2n) is 14.3. The zero-order valence-corrected chi connectivity index (χ0v) is 24.8. The van der Waals surface area contributed by atoms with Gasteiger partial charge in [0.15, 0.2) is 0 Å². The van der Waals surface area contributed by atoms with E-state index in [1.54, 1.807) is 12.1 Å². The maximum atomic E-state index is 14.4. The zero-order valence-electron chi connectivity index (χ0n) is 24.8. The van der Waals surface area contributed by atoms with E-state index in [4.69, 9.17) is 4.74 Å². The Morgan fingerprint density at radius 2 is 1.79 bits per heavy atom. The van der Waals surface area contributed by atoms with Crippen LogP contribution >= 0.6 is 0 Å². The Kier molecular flexibility index (Phi) is 7.90. The Morgan fingerprint density at radius 1 is 0.974 bits per heavy atom. The number of ether oxygens (including phenoxy) is 1. The summed E-state index contributed by atoms with van der Waals surface area (Å²) in [5.74, 6) is 4.34. The summed E-state index contributed by atoms with van der Waals surface area (Å²) in [6.07, 6.45) is 16.3. The molecule has 0 radical (unpaired) electrons. The number of hydrogen-bond acceptors (Lipinski definition) is 2. The largest absolute Gasteiger partial charge is 0.381 e. The third kappa shape index (κ3) is 4.69. The number of carbonyl (C=O) groups is 1. The van der Waals surface area contributed by atoms with Gasteiger partial charge in [0.05, 0.1) is 6.04 Å². The van der Waals surface area contributed by atoms with Crippen LogP contribution in [0.15, 0.2) is 24.3 Å². The van der Waals surface area contributed by atoms with E-state index in [-0.39, 0.29) is 23.2 Å². The van der Waals surface area contributed by atoms with Crippen molar-refractivity contribution >= 4 is 5.91 Å². The fraction of sp³-hybridized carbons (Fsp3) is 0.800. The second kappa shape index (κ2) is 11.1. The first-order chi connectivity index (χ1) is 18.9. The van der Waals surface area contributed by atoms with E-state index in [1.165, 1.54) is 57.8 Å². The van der Waals surface area contributed by atoms with Gasteiger partial charge in [0, 0.05) is 25.7 Å². The molecule has 1 heterocycles. The van der Waals surface area contributed by atoms with Crippen LogP contribution in [0.1, 0.15) is 116 Å². The van der Waals surface area contributed by atoms with Crippen molar-refractivity contribution in [2.24, 2.45) is 46.3 Å². The van der Waals surface area contributed by atoms with E-state index in [0.717, 1.165) is 74.7 Å². The molecule has 5 aliphatic rings. The average molecular weight is 538 g/mol. The van der Waals surface area contributed by atoms with Crippen molar-refractivity contribution in [2.45, 2.75) is 110 Å². The molecule has 5 fully saturated rings. The molecule has 1 aromatic carbocycles. The number of rotatable bonds is 6. The first kappa shape index (κ1) is 27.7. The predicted molar refractivity (Wildman–Crippen MR) is 155 cm³/mol. The highest BCUT2D eigenvalue weighted by Gasteiger charge is 2.62. The normalized spacial score (nSPS) is 41.9. The summed E-state index contributed by atoms with van der Waals surface area (Å²) in [5, 5.41) is 0. The average Bonchev–Trinajstić information content (AvgIpc) is 3.33. The van der Waals surface area contributed by atoms with Crippen molar-refractivity contribution in [1.29, 1.82) is 0 Å². The van der Waals surface area contributed by atoms with Gasteiger partial charge in [-0.15, -0.1) is 0 Å². The van der Waals surface area contributed by atoms with Crippen LogP contribution in [0, 0.1) is 52.2 Å². The van der Waals surface area contributed by atoms with Gasteiger partial charge < -0.3 is 9.64 Å². The molecule has 9 atom stereocenters. The molecule has 0 aromatic heterocycles. The molecule has 216 valence electrons. The second-order valence-corrected chi connectivity index (χ2v) is 14.3. The van der Waals surface area contributed by atoms with Crippen LogP contribution in [0.5, 0.6) is 0 Å². The van der Waals surface area contributed by atoms with Gasteiger partial charge in [-0.3, -0.25) is 4.79 Å². The van der Waals surface area contributed by atoms with E-state index >= 15 is 0 Å². The Hall–Kier alpha value is -1.42. The third-order valence-corrected chi connectivity index (χ3v) is 13.0. The molecular formula is C35H52FNO2. The van der Waals surface area contributed by atoms with E-state index in [2.05, 4.69) is 25.7 Å². The number of hydrogen-bond donors (Lipinski definition) is 0. The summed E-state index contributed by atoms with van der Waals surface area (Å²) in [5.41, 5.74) is 1.77. The Balaban J connectivity index is 1.20. The van der Waals surface area contributed by atoms with E-state index < -0.39 is 0 Å². The Morgan fingerprint density at radius 3 is 2.56 bits per heavy atom. The van der Waals surface area contributed by atoms with Gasteiger partial charge >= 0.3 is 0 Å². The number of likely N-dealkylation sites (tertiary alicyclic amines) is 1. The fourth-order valence-corrected chi connectivity index (χ4v) is 11.1. The Bertz CT molecular complexity index is 1010. The molecule has 0 N–H and O–H groups in total. The van der Waals surface area contributed by atoms with Crippen molar-refractivity contribution in [3.8, 4) is 0 Å². The fourth-order valence-electron chi connectivity index (χ4n) is 11.1. The summed E-state index contributed by atoms with van der Waals surface area (Å²) < 4.78 is 19.5. The number of piperidine rings is 1. The first-order valence-corrected chi connectivity index (χ1v) is 16.5. The summed E-state index contributed by atoms with van der Waals surface area (Å²) in [6.45, 7) is 9.77. The summed E-state index contributed by atoms with van der Waals surface area (Å²) >= 11 is 0. The van der Waals surface area contributed by atoms with Crippen molar-refractivity contribution in [1.82, 2.24) is 4.90 Å². The standard InChI is InChI=1S/C35H52FNO2/c1-4-35-20-17-24(23-39-5-2)22-26(35)11-14-28-29-15-16-31(34(29,3)19-18-30(28)35)33(38)37-21-7-6-8-32(37)25-9-12-27(36)13-10-25/h9-10,12-13,24,26,28-32H,4-8,11,14-23H2,1-3H3. The molecule has 3 nitrogen and oxygen atoms in total. The predicted octanol–water partition coefficient (Wildman–Crippen LogP) is 8.58. The lowest BCUT2D eigenvalue weighted by atomic mass is 9.43. The quantitative estimate of drug-likeness (QED) is 0.364. The molecule has 39 heavy (non-hydrogen) atoms. The van der Waals surface area contributed by atoms with Gasteiger partial charge in [0.1, 0.15) is 5.82 Å². The Labute approximate surface area is 236 Å². The molecule has 6 rings (SSSR count). The van der Waals surface area contributed by atoms with Crippen LogP contribution in [0.2, 0.25) is 0 Å². The highest BCUT2D eigenvalue weighted by molar-refractivity contribution is 5.81. The van der Waals surface area contributed by atoms with Crippen LogP contribution in [0.4, 0.5) is 4.39 Å². The lowest BCUT2D eigenvalue weighted by molar-refractivity contribution is -0.153. The SMILES string of the molecule is CCOCC1CCC2(CC)C(CCC3C4CCC(C(=O)N5CCCCC5c5ccc(F)cc5)C4(C)CCC32)C1. The molecule has 0 bridgehead atoms. The van der Waals surface area contributed by atoms with Crippen molar-refractivity contribution in [3.05, 3.63) is 35.6 Å². The van der Waals surface area contributed by atoms with Crippen molar-refractivity contribution < 1.29 is 13.9 Å². The molecule has 1 aliphatic heterocycles. The van der Waals surface area contributed by atoms with Crippen LogP contribution in [-0.2, 0) is 9.53 Å². The van der Waals surface area contributed by atoms with Crippen molar-refractivity contribution in [2.75, 3.05) is 19.8 Å². The van der Waals surface area contributed by atoms with Gasteiger partial charge in [-0.25, -0.2) is 4.39 Å². The lowest BCUT2D eigenvalue weighted by Crippen LogP contribution is -2.55. The molecule has 1 amide bonds. The van der Waals surface area contributed by atoms with Crippen LogP contribution in [0.3, 0.4) is 0 Å². The van der Waals surface area contributed by atoms with Gasteiger partial charge in [-0.1, -0.05) is 26.0 Å². The summed E-state index contributed by atoms with van der Waals surface area (Å²) in [6, 6.07) is 7.04. The molecule has 0 spiro atoms. The topological polar surface area (TPSA) is 29.5 Å². The number of nitrogens with zero attached hydrogens (tertiary/aromatic N) is 1. The maximum absolute atomic E-state index is 14.4. The van der Waals surface area contributed by atoms with Crippen LogP contribution in [-0.4, -0.2) is 30.6 Å². The minimum Gasteiger partial charge on any atom is -0.381 e. The van der Waals surface area contributed by atoms with E-state index in [0.29, 0.717) is 17.2 Å². The summed E-state index contributed by atoms with van der Waals surface area (Å²) in [7, 11) is 0. The summed E-state index contributed by atoms with van der Waals surface area (Å²) in [4.78, 5) is 16.6. The van der Waals surface area contributed by atoms with Gasteiger partial charge in [0.2, 0.25) is 5.91 Å². The van der Waals surface area contributed by atoms with Crippen LogP contribution in [0.25, 0.3) is 0 Å². The molecule has 1 saturated heterocycles. The highest BCUT2D eigenvalue weighted by Crippen LogP contribution is 2.69. The van der Waals surface area contributed by atoms with E-state index in [9.17, 15) is 9.18 Å². The lowest BCUT2D eigenvalue weighted by Gasteiger charge is -2.62. The van der Waals surface area contributed by atoms with E-state index in [1.807, 2.05) is 12.1 Å². The first-order valence-electron chi connectivity index (χ1n) is 16.5. The molecule has 9 unspecified atom stereocenters. The minimum absolute atomic E-state index is 0.108. The smallest absolute Gasteiger partial charge is 0.226 e. The monoisotopic (exact) mass is 537 g/mol. The van der Waals surface area contributed by atoms with Gasteiger partial charge in [0.25, 0.3) is 0 Å². The minimum atomic E-state index is -0.197. The number of amides is 1. The molecule has 4 heteroatoms. The van der Waals surface area contributed by atoms with Crippen molar-refractivity contribution in [3.63, 3.8) is 0 Å². The maximum Gasteiger partial charge on any atom is 0.226 e. The number of benzene rings is 1. The molecule has 1 aromatic rings. The third-order valence-electron chi connectivity index (χ3n) is 13.0. The molecule has 4 aliphatic carbocycles. The molecular weight excluding hydrogens is 485 g/mol. The van der Waals surface area contributed by atoms with Gasteiger partial charge in [-0.2, -0.15) is 0 Å². The number of halogens is 1. The number of carbonyl (C=O) groups excluding carboxylic acids is 1. The van der Waals surface area contributed by atoms with Gasteiger partial charge in [-0.05, 0) is 149 Å². The molecule has 4 saturated carbocycles. The van der Waals surface area contributed by atoms with Crippen LogP contribution < -0.4 is 0 Å². The highest BCUT2D eigenvalue weighted by atomic mass is 19.1. The zero-order chi connectivity index (χ0) is 27.2. The number of fused-ring (bicyclic) bond motifs is 5.